The van der Waals surface area contributed by atoms with Gasteiger partial charge >= 0.3 is 0 Å². The van der Waals surface area contributed by atoms with Crippen LogP contribution in [0.5, 0.6) is 0 Å². The maximum absolute atomic E-state index is 14.1. The summed E-state index contributed by atoms with van der Waals surface area (Å²) in [6.07, 6.45) is 3.33. The molecule has 0 amide bonds. The third-order valence-electron chi connectivity index (χ3n) is 3.94. The van der Waals surface area contributed by atoms with Gasteiger partial charge in [0, 0.05) is 18.7 Å². The molecule has 1 aromatic carbocycles. The van der Waals surface area contributed by atoms with Crippen molar-refractivity contribution in [2.75, 3.05) is 18.0 Å². The Balaban J connectivity index is 2.20. The minimum Gasteiger partial charge on any atom is -0.384 e. The van der Waals surface area contributed by atoms with E-state index in [0.29, 0.717) is 16.7 Å². The molecule has 3 nitrogen and oxygen atoms in total. The third kappa shape index (κ3) is 3.25. The Kier molecular flexibility index (Phi) is 3.78. The number of hydrogen-bond acceptors (Lipinski definition) is 2. The van der Waals surface area contributed by atoms with Crippen molar-refractivity contribution >= 4 is 11.5 Å². The number of nitrogens with two attached hydrogens (primary N) is 1. The maximum atomic E-state index is 14.1. The first-order valence-corrected chi connectivity index (χ1v) is 6.78. The van der Waals surface area contributed by atoms with E-state index in [1.54, 1.807) is 12.1 Å². The Hall–Kier alpha value is -1.58. The fourth-order valence-electron chi connectivity index (χ4n) is 2.59. The van der Waals surface area contributed by atoms with Gasteiger partial charge < -0.3 is 10.6 Å². The number of nitrogen functional groups attached to an aromatic ring is 1. The molecule has 4 heteroatoms. The number of amidine groups is 1. The van der Waals surface area contributed by atoms with Gasteiger partial charge in [0.05, 0.1) is 5.69 Å². The zero-order valence-electron chi connectivity index (χ0n) is 11.7. The van der Waals surface area contributed by atoms with Crippen LogP contribution in [0.15, 0.2) is 18.2 Å². The van der Waals surface area contributed by atoms with Crippen molar-refractivity contribution in [1.29, 1.82) is 5.41 Å². The summed E-state index contributed by atoms with van der Waals surface area (Å²) in [5, 5.41) is 7.33. The van der Waals surface area contributed by atoms with E-state index in [-0.39, 0.29) is 11.7 Å². The van der Waals surface area contributed by atoms with E-state index < -0.39 is 0 Å². The predicted molar refractivity (Wildman–Crippen MR) is 77.3 cm³/mol. The van der Waals surface area contributed by atoms with Crippen molar-refractivity contribution in [1.82, 2.24) is 0 Å². The SMILES string of the molecule is CC1(C)CCCN(c2ccc(C(=N)N)cc2F)CC1. The van der Waals surface area contributed by atoms with E-state index >= 15 is 0 Å². The molecule has 1 aliphatic rings. The molecule has 1 fully saturated rings. The van der Waals surface area contributed by atoms with Gasteiger partial charge in [0.15, 0.2) is 0 Å². The van der Waals surface area contributed by atoms with Crippen molar-refractivity contribution in [3.05, 3.63) is 29.6 Å². The van der Waals surface area contributed by atoms with Crippen LogP contribution in [-0.4, -0.2) is 18.9 Å². The van der Waals surface area contributed by atoms with E-state index in [9.17, 15) is 4.39 Å². The lowest BCUT2D eigenvalue weighted by molar-refractivity contribution is 0.325. The monoisotopic (exact) mass is 263 g/mol. The van der Waals surface area contributed by atoms with Crippen LogP contribution in [-0.2, 0) is 0 Å². The number of benzene rings is 1. The van der Waals surface area contributed by atoms with Gasteiger partial charge in [0.1, 0.15) is 11.7 Å². The quantitative estimate of drug-likeness (QED) is 0.636. The zero-order chi connectivity index (χ0) is 14.0. The maximum Gasteiger partial charge on any atom is 0.147 e. The van der Waals surface area contributed by atoms with E-state index in [2.05, 4.69) is 18.7 Å². The third-order valence-corrected chi connectivity index (χ3v) is 3.94. The van der Waals surface area contributed by atoms with Crippen molar-refractivity contribution < 1.29 is 4.39 Å². The Morgan fingerprint density at radius 2 is 2.05 bits per heavy atom. The fraction of sp³-hybridized carbons (Fsp3) is 0.533. The Morgan fingerprint density at radius 3 is 2.68 bits per heavy atom. The highest BCUT2D eigenvalue weighted by Crippen LogP contribution is 2.32. The molecule has 2 rings (SSSR count). The second-order valence-electron chi connectivity index (χ2n) is 6.08. The Morgan fingerprint density at radius 1 is 1.32 bits per heavy atom. The highest BCUT2D eigenvalue weighted by atomic mass is 19.1. The molecule has 1 aromatic rings. The summed E-state index contributed by atoms with van der Waals surface area (Å²) in [6, 6.07) is 4.81. The van der Waals surface area contributed by atoms with Crippen LogP contribution in [0.3, 0.4) is 0 Å². The molecule has 0 bridgehead atoms. The highest BCUT2D eigenvalue weighted by Gasteiger charge is 2.24. The second kappa shape index (κ2) is 5.19. The largest absolute Gasteiger partial charge is 0.384 e. The molecule has 1 aliphatic heterocycles. The normalized spacial score (nSPS) is 19.0. The molecule has 0 aliphatic carbocycles. The minimum atomic E-state index is -0.285. The first-order valence-electron chi connectivity index (χ1n) is 6.78. The molecular formula is C15H22FN3. The van der Waals surface area contributed by atoms with Crippen LogP contribution in [0.1, 0.15) is 38.7 Å². The van der Waals surface area contributed by atoms with E-state index in [1.165, 1.54) is 12.5 Å². The average Bonchev–Trinajstić information content (AvgIpc) is 2.50. The van der Waals surface area contributed by atoms with E-state index in [1.807, 2.05) is 0 Å². The van der Waals surface area contributed by atoms with Crippen molar-refractivity contribution in [3.8, 4) is 0 Å². The Bertz CT molecular complexity index is 482. The summed E-state index contributed by atoms with van der Waals surface area (Å²) in [4.78, 5) is 2.11. The number of rotatable bonds is 2. The first kappa shape index (κ1) is 13.8. The average molecular weight is 263 g/mol. The Labute approximate surface area is 114 Å². The van der Waals surface area contributed by atoms with Gasteiger partial charge in [-0.05, 0) is 42.9 Å². The van der Waals surface area contributed by atoms with Crippen LogP contribution < -0.4 is 10.6 Å². The molecule has 0 atom stereocenters. The molecule has 0 unspecified atom stereocenters. The summed E-state index contributed by atoms with van der Waals surface area (Å²) >= 11 is 0. The van der Waals surface area contributed by atoms with Crippen LogP contribution >= 0.6 is 0 Å². The smallest absolute Gasteiger partial charge is 0.147 e. The lowest BCUT2D eigenvalue weighted by Crippen LogP contribution is -2.26. The molecule has 0 saturated carbocycles. The summed E-state index contributed by atoms with van der Waals surface area (Å²) in [7, 11) is 0. The first-order chi connectivity index (χ1) is 8.89. The molecule has 3 N–H and O–H groups in total. The van der Waals surface area contributed by atoms with E-state index in [4.69, 9.17) is 11.1 Å². The van der Waals surface area contributed by atoms with Crippen molar-refractivity contribution in [2.45, 2.75) is 33.1 Å². The standard InChI is InChI=1S/C15H22FN3/c1-15(2)6-3-8-19(9-7-15)13-5-4-11(14(17)18)10-12(13)16/h4-5,10H,3,6-9H2,1-2H3,(H3,17,18). The van der Waals surface area contributed by atoms with Gasteiger partial charge in [-0.3, -0.25) is 5.41 Å². The highest BCUT2D eigenvalue weighted by molar-refractivity contribution is 5.95. The predicted octanol–water partition coefficient (Wildman–Crippen LogP) is 3.13. The molecular weight excluding hydrogens is 241 g/mol. The van der Waals surface area contributed by atoms with Gasteiger partial charge in [-0.15, -0.1) is 0 Å². The van der Waals surface area contributed by atoms with E-state index in [0.717, 1.165) is 25.9 Å². The zero-order valence-corrected chi connectivity index (χ0v) is 11.7. The minimum absolute atomic E-state index is 0.0950. The molecule has 0 aromatic heterocycles. The van der Waals surface area contributed by atoms with Crippen LogP contribution in [0, 0.1) is 16.6 Å². The molecule has 0 spiro atoms. The van der Waals surface area contributed by atoms with Crippen LogP contribution in [0.4, 0.5) is 10.1 Å². The lowest BCUT2D eigenvalue weighted by atomic mass is 9.85. The summed E-state index contributed by atoms with van der Waals surface area (Å²) in [6.45, 7) is 6.31. The number of nitrogens with one attached hydrogen (secondary N) is 1. The topological polar surface area (TPSA) is 53.1 Å². The molecule has 1 saturated heterocycles. The van der Waals surface area contributed by atoms with Crippen molar-refractivity contribution in [2.24, 2.45) is 11.1 Å². The number of anilines is 1. The van der Waals surface area contributed by atoms with Gasteiger partial charge in [0.2, 0.25) is 0 Å². The molecule has 0 radical (unpaired) electrons. The summed E-state index contributed by atoms with van der Waals surface area (Å²) < 4.78 is 14.1. The van der Waals surface area contributed by atoms with Gasteiger partial charge in [-0.25, -0.2) is 4.39 Å². The lowest BCUT2D eigenvalue weighted by Gasteiger charge is -2.25. The molecule has 104 valence electrons. The van der Waals surface area contributed by atoms with Crippen LogP contribution in [0.2, 0.25) is 0 Å². The number of hydrogen-bond donors (Lipinski definition) is 2. The number of nitrogens with zero attached hydrogens (tertiary/aromatic N) is 1. The molecule has 19 heavy (non-hydrogen) atoms. The summed E-state index contributed by atoms with van der Waals surface area (Å²) in [5.74, 6) is -0.380. The van der Waals surface area contributed by atoms with Gasteiger partial charge in [-0.1, -0.05) is 13.8 Å². The fourth-order valence-corrected chi connectivity index (χ4v) is 2.59. The second-order valence-corrected chi connectivity index (χ2v) is 6.08. The van der Waals surface area contributed by atoms with Gasteiger partial charge in [-0.2, -0.15) is 0 Å². The number of halogens is 1. The van der Waals surface area contributed by atoms with Crippen molar-refractivity contribution in [3.63, 3.8) is 0 Å². The van der Waals surface area contributed by atoms with Crippen LogP contribution in [0.25, 0.3) is 0 Å². The molecule has 1 heterocycles. The summed E-state index contributed by atoms with van der Waals surface area (Å²) in [5.41, 5.74) is 6.78. The van der Waals surface area contributed by atoms with Gasteiger partial charge in [0.25, 0.3) is 0 Å².